The first-order valence-corrected chi connectivity index (χ1v) is 8.67. The third kappa shape index (κ3) is 4.88. The molecule has 0 saturated carbocycles. The SMILES string of the molecule is CSCCNS(=O)(=O)c1ccc(C)cc1C#CCN. The zero-order valence-electron chi connectivity index (χ0n) is 11.1. The Balaban J connectivity index is 3.11. The molecule has 0 radical (unpaired) electrons. The van der Waals surface area contributed by atoms with E-state index in [0.29, 0.717) is 12.1 Å². The summed E-state index contributed by atoms with van der Waals surface area (Å²) in [6.45, 7) is 2.50. The molecule has 19 heavy (non-hydrogen) atoms. The van der Waals surface area contributed by atoms with Gasteiger partial charge in [0, 0.05) is 17.9 Å². The molecule has 4 nitrogen and oxygen atoms in total. The molecule has 0 amide bonds. The minimum atomic E-state index is -3.52. The number of thioether (sulfide) groups is 1. The van der Waals surface area contributed by atoms with Gasteiger partial charge in [-0.2, -0.15) is 11.8 Å². The van der Waals surface area contributed by atoms with Crippen LogP contribution in [0.15, 0.2) is 23.1 Å². The van der Waals surface area contributed by atoms with Gasteiger partial charge in [-0.3, -0.25) is 0 Å². The maximum Gasteiger partial charge on any atom is 0.241 e. The van der Waals surface area contributed by atoms with Crippen LogP contribution in [-0.4, -0.2) is 33.5 Å². The molecular formula is C13H18N2O2S2. The van der Waals surface area contributed by atoms with Crippen LogP contribution in [-0.2, 0) is 10.0 Å². The second kappa shape index (κ2) is 7.56. The summed E-state index contributed by atoms with van der Waals surface area (Å²) in [4.78, 5) is 0.208. The van der Waals surface area contributed by atoms with E-state index in [9.17, 15) is 8.42 Å². The molecule has 3 N–H and O–H groups in total. The number of benzene rings is 1. The number of rotatable bonds is 5. The van der Waals surface area contributed by atoms with Crippen LogP contribution < -0.4 is 10.5 Å². The second-order valence-corrected chi connectivity index (χ2v) is 6.62. The van der Waals surface area contributed by atoms with Gasteiger partial charge in [-0.05, 0) is 30.9 Å². The Morgan fingerprint density at radius 2 is 2.16 bits per heavy atom. The van der Waals surface area contributed by atoms with E-state index in [-0.39, 0.29) is 11.4 Å². The van der Waals surface area contributed by atoms with E-state index in [4.69, 9.17) is 5.73 Å². The van der Waals surface area contributed by atoms with Crippen molar-refractivity contribution in [2.24, 2.45) is 5.73 Å². The third-order valence-electron chi connectivity index (χ3n) is 2.35. The zero-order valence-corrected chi connectivity index (χ0v) is 12.7. The lowest BCUT2D eigenvalue weighted by Crippen LogP contribution is -2.26. The molecule has 0 fully saturated rings. The van der Waals surface area contributed by atoms with Crippen LogP contribution in [0.3, 0.4) is 0 Å². The van der Waals surface area contributed by atoms with Crippen molar-refractivity contribution in [3.63, 3.8) is 0 Å². The first-order chi connectivity index (χ1) is 9.01. The van der Waals surface area contributed by atoms with Crippen LogP contribution in [0.2, 0.25) is 0 Å². The molecule has 0 saturated heterocycles. The molecule has 0 aliphatic carbocycles. The second-order valence-electron chi connectivity index (χ2n) is 3.90. The molecule has 0 atom stereocenters. The van der Waals surface area contributed by atoms with Crippen molar-refractivity contribution >= 4 is 21.8 Å². The number of nitrogens with two attached hydrogens (primary N) is 1. The predicted molar refractivity (Wildman–Crippen MR) is 80.7 cm³/mol. The summed E-state index contributed by atoms with van der Waals surface area (Å²) in [6, 6.07) is 5.10. The fraction of sp³-hybridized carbons (Fsp3) is 0.385. The van der Waals surface area contributed by atoms with Crippen LogP contribution in [0.5, 0.6) is 0 Å². The molecule has 0 aromatic heterocycles. The van der Waals surface area contributed by atoms with Crippen LogP contribution in [0.25, 0.3) is 0 Å². The van der Waals surface area contributed by atoms with Gasteiger partial charge in [-0.1, -0.05) is 17.9 Å². The lowest BCUT2D eigenvalue weighted by Gasteiger charge is -2.08. The van der Waals surface area contributed by atoms with Gasteiger partial charge in [-0.25, -0.2) is 13.1 Å². The molecule has 0 spiro atoms. The van der Waals surface area contributed by atoms with E-state index >= 15 is 0 Å². The molecule has 0 unspecified atom stereocenters. The molecular weight excluding hydrogens is 280 g/mol. The third-order valence-corrected chi connectivity index (χ3v) is 4.48. The van der Waals surface area contributed by atoms with Crippen LogP contribution >= 0.6 is 11.8 Å². The molecule has 0 bridgehead atoms. The molecule has 0 heterocycles. The summed E-state index contributed by atoms with van der Waals surface area (Å²) in [5.74, 6) is 6.23. The minimum absolute atomic E-state index is 0.202. The smallest absolute Gasteiger partial charge is 0.241 e. The van der Waals surface area contributed by atoms with E-state index in [1.54, 1.807) is 30.0 Å². The molecule has 1 aromatic rings. The van der Waals surface area contributed by atoms with Crippen LogP contribution in [0, 0.1) is 18.8 Å². The maximum atomic E-state index is 12.2. The zero-order chi connectivity index (χ0) is 14.3. The Hall–Kier alpha value is -1.00. The number of aryl methyl sites for hydroxylation is 1. The average Bonchev–Trinajstić information content (AvgIpc) is 2.36. The fourth-order valence-corrected chi connectivity index (χ4v) is 3.09. The summed E-state index contributed by atoms with van der Waals surface area (Å²) < 4.78 is 26.9. The highest BCUT2D eigenvalue weighted by molar-refractivity contribution is 7.98. The molecule has 6 heteroatoms. The molecule has 0 aliphatic heterocycles. The number of nitrogens with one attached hydrogen (secondary N) is 1. The highest BCUT2D eigenvalue weighted by Gasteiger charge is 2.17. The van der Waals surface area contributed by atoms with Gasteiger partial charge >= 0.3 is 0 Å². The van der Waals surface area contributed by atoms with E-state index in [1.807, 2.05) is 13.2 Å². The number of hydrogen-bond donors (Lipinski definition) is 2. The predicted octanol–water partition coefficient (Wildman–Crippen LogP) is 0.947. The normalized spacial score (nSPS) is 10.9. The van der Waals surface area contributed by atoms with Gasteiger partial charge in [0.2, 0.25) is 10.0 Å². The summed E-state index contributed by atoms with van der Waals surface area (Å²) in [6.07, 6.45) is 1.93. The van der Waals surface area contributed by atoms with Gasteiger partial charge in [0.25, 0.3) is 0 Å². The summed E-state index contributed by atoms with van der Waals surface area (Å²) >= 11 is 1.59. The molecule has 1 aromatic carbocycles. The van der Waals surface area contributed by atoms with E-state index < -0.39 is 10.0 Å². The topological polar surface area (TPSA) is 72.2 Å². The van der Waals surface area contributed by atoms with Crippen molar-refractivity contribution in [3.05, 3.63) is 29.3 Å². The monoisotopic (exact) mass is 298 g/mol. The summed E-state index contributed by atoms with van der Waals surface area (Å²) in [5, 5.41) is 0. The largest absolute Gasteiger partial charge is 0.320 e. The number of sulfonamides is 1. The van der Waals surface area contributed by atoms with Gasteiger partial charge < -0.3 is 5.73 Å². The lowest BCUT2D eigenvalue weighted by molar-refractivity contribution is 0.584. The van der Waals surface area contributed by atoms with E-state index in [0.717, 1.165) is 11.3 Å². The van der Waals surface area contributed by atoms with Gasteiger partial charge in [-0.15, -0.1) is 0 Å². The van der Waals surface area contributed by atoms with Crippen molar-refractivity contribution in [2.45, 2.75) is 11.8 Å². The van der Waals surface area contributed by atoms with Crippen molar-refractivity contribution in [2.75, 3.05) is 25.1 Å². The average molecular weight is 298 g/mol. The first kappa shape index (κ1) is 16.1. The maximum absolute atomic E-state index is 12.2. The van der Waals surface area contributed by atoms with Crippen LogP contribution in [0.1, 0.15) is 11.1 Å². The van der Waals surface area contributed by atoms with Crippen molar-refractivity contribution < 1.29 is 8.42 Å². The van der Waals surface area contributed by atoms with E-state index in [1.165, 1.54) is 0 Å². The Morgan fingerprint density at radius 1 is 1.42 bits per heavy atom. The van der Waals surface area contributed by atoms with Gasteiger partial charge in [0.15, 0.2) is 0 Å². The van der Waals surface area contributed by atoms with Crippen LogP contribution in [0.4, 0.5) is 0 Å². The standard InChI is InChI=1S/C13H18N2O2S2/c1-11-5-6-13(12(10-11)4-3-7-14)19(16,17)15-8-9-18-2/h5-6,10,15H,7-9,14H2,1-2H3. The fourth-order valence-electron chi connectivity index (χ4n) is 1.48. The quantitative estimate of drug-likeness (QED) is 0.627. The summed E-state index contributed by atoms with van der Waals surface area (Å²) in [5.41, 5.74) is 6.78. The molecule has 104 valence electrons. The summed E-state index contributed by atoms with van der Waals surface area (Å²) in [7, 11) is -3.52. The van der Waals surface area contributed by atoms with Gasteiger partial charge in [0.1, 0.15) is 0 Å². The highest BCUT2D eigenvalue weighted by atomic mass is 32.2. The number of hydrogen-bond acceptors (Lipinski definition) is 4. The Labute approximate surface area is 119 Å². The Bertz CT molecular complexity index is 586. The Kier molecular flexibility index (Phi) is 6.38. The van der Waals surface area contributed by atoms with E-state index in [2.05, 4.69) is 16.6 Å². The highest BCUT2D eigenvalue weighted by Crippen LogP contribution is 2.16. The molecule has 1 rings (SSSR count). The lowest BCUT2D eigenvalue weighted by atomic mass is 10.1. The van der Waals surface area contributed by atoms with Crippen molar-refractivity contribution in [3.8, 4) is 11.8 Å². The Morgan fingerprint density at radius 3 is 2.79 bits per heavy atom. The molecule has 0 aliphatic rings. The van der Waals surface area contributed by atoms with Crippen molar-refractivity contribution in [1.82, 2.24) is 4.72 Å². The minimum Gasteiger partial charge on any atom is -0.320 e. The first-order valence-electron chi connectivity index (χ1n) is 5.79. The van der Waals surface area contributed by atoms with Gasteiger partial charge in [0.05, 0.1) is 11.4 Å². The van der Waals surface area contributed by atoms with Crippen molar-refractivity contribution in [1.29, 1.82) is 0 Å².